The molecule has 0 spiro atoms. The maximum absolute atomic E-state index is 12.5. The Morgan fingerprint density at radius 3 is 2.71 bits per heavy atom. The van der Waals surface area contributed by atoms with Crippen molar-refractivity contribution in [2.24, 2.45) is 0 Å². The van der Waals surface area contributed by atoms with Crippen molar-refractivity contribution in [3.05, 3.63) is 46.2 Å². The molecule has 4 heteroatoms. The third kappa shape index (κ3) is 3.93. The number of hydrogen-bond acceptors (Lipinski definition) is 3. The molecule has 4 nitrogen and oxygen atoms in total. The Morgan fingerprint density at radius 1 is 1.24 bits per heavy atom. The van der Waals surface area contributed by atoms with Gasteiger partial charge in [-0.25, -0.2) is 0 Å². The molecule has 1 heterocycles. The Labute approximate surface area is 126 Å². The summed E-state index contributed by atoms with van der Waals surface area (Å²) in [5.74, 6) is 0. The number of benzene rings is 1. The molecule has 0 amide bonds. The molecular weight excluding hydrogens is 262 g/mol. The average molecular weight is 287 g/mol. The van der Waals surface area contributed by atoms with E-state index in [2.05, 4.69) is 30.4 Å². The molecular formula is C17H25N3O. The summed E-state index contributed by atoms with van der Waals surface area (Å²) in [5.41, 5.74) is 1.98. The van der Waals surface area contributed by atoms with Gasteiger partial charge in [0.25, 0.3) is 5.56 Å². The lowest BCUT2D eigenvalue weighted by Crippen LogP contribution is -2.28. The molecule has 1 N–H and O–H groups in total. The van der Waals surface area contributed by atoms with E-state index in [0.29, 0.717) is 13.1 Å². The van der Waals surface area contributed by atoms with Crippen molar-refractivity contribution >= 4 is 10.9 Å². The number of aryl methyl sites for hydroxylation is 1. The molecule has 0 saturated carbocycles. The fraction of sp³-hybridized carbons (Fsp3) is 0.471. The summed E-state index contributed by atoms with van der Waals surface area (Å²) >= 11 is 0. The van der Waals surface area contributed by atoms with Gasteiger partial charge in [0.1, 0.15) is 0 Å². The molecule has 0 unspecified atom stereocenters. The Balaban J connectivity index is 2.13. The summed E-state index contributed by atoms with van der Waals surface area (Å²) < 4.78 is 1.85. The molecule has 0 aliphatic carbocycles. The highest BCUT2D eigenvalue weighted by Gasteiger charge is 2.07. The second kappa shape index (κ2) is 7.38. The minimum atomic E-state index is 0.122. The molecule has 2 rings (SSSR count). The summed E-state index contributed by atoms with van der Waals surface area (Å²) in [5, 5.41) is 4.50. The Kier molecular flexibility index (Phi) is 5.53. The van der Waals surface area contributed by atoms with Crippen LogP contribution in [0.4, 0.5) is 0 Å². The fourth-order valence-electron chi connectivity index (χ4n) is 2.57. The Morgan fingerprint density at radius 2 is 2.00 bits per heavy atom. The number of para-hydroxylation sites is 1. The molecule has 0 bridgehead atoms. The standard InChI is InChI=1S/C17H25N3O/c1-4-20-16-9-6-5-8-14(16)12-15(17(20)21)13-18-10-7-11-19(2)3/h5-6,8-9,12,18H,4,7,10-11,13H2,1-3H3. The van der Waals surface area contributed by atoms with Crippen LogP contribution in [0.1, 0.15) is 18.9 Å². The van der Waals surface area contributed by atoms with Crippen molar-refractivity contribution < 1.29 is 0 Å². The van der Waals surface area contributed by atoms with Crippen LogP contribution >= 0.6 is 0 Å². The normalized spacial score (nSPS) is 11.4. The van der Waals surface area contributed by atoms with Gasteiger partial charge in [-0.05, 0) is 58.0 Å². The van der Waals surface area contributed by atoms with E-state index in [1.807, 2.05) is 35.8 Å². The number of rotatable bonds is 7. The zero-order valence-corrected chi connectivity index (χ0v) is 13.2. The van der Waals surface area contributed by atoms with Gasteiger partial charge in [0, 0.05) is 18.7 Å². The van der Waals surface area contributed by atoms with Crippen molar-refractivity contribution in [3.63, 3.8) is 0 Å². The van der Waals surface area contributed by atoms with E-state index >= 15 is 0 Å². The summed E-state index contributed by atoms with van der Waals surface area (Å²) in [6.07, 6.45) is 1.09. The molecule has 114 valence electrons. The number of fused-ring (bicyclic) bond motifs is 1. The Hall–Kier alpha value is -1.65. The van der Waals surface area contributed by atoms with E-state index < -0.39 is 0 Å². The van der Waals surface area contributed by atoms with Gasteiger partial charge in [0.05, 0.1) is 5.52 Å². The van der Waals surface area contributed by atoms with Crippen LogP contribution in [0.2, 0.25) is 0 Å². The quantitative estimate of drug-likeness (QED) is 0.792. The zero-order chi connectivity index (χ0) is 15.2. The number of nitrogens with zero attached hydrogens (tertiary/aromatic N) is 2. The minimum Gasteiger partial charge on any atom is -0.312 e. The lowest BCUT2D eigenvalue weighted by Gasteiger charge is -2.12. The van der Waals surface area contributed by atoms with Crippen molar-refractivity contribution in [2.45, 2.75) is 26.4 Å². The molecule has 1 aromatic carbocycles. The first-order valence-electron chi connectivity index (χ1n) is 7.60. The molecule has 21 heavy (non-hydrogen) atoms. The van der Waals surface area contributed by atoms with Crippen LogP contribution in [0.25, 0.3) is 10.9 Å². The van der Waals surface area contributed by atoms with Crippen molar-refractivity contribution in [1.82, 2.24) is 14.8 Å². The number of aromatic nitrogens is 1. The summed E-state index contributed by atoms with van der Waals surface area (Å²) in [6, 6.07) is 10.1. The molecule has 0 aliphatic heterocycles. The smallest absolute Gasteiger partial charge is 0.255 e. The van der Waals surface area contributed by atoms with E-state index in [-0.39, 0.29) is 5.56 Å². The van der Waals surface area contributed by atoms with Crippen molar-refractivity contribution in [1.29, 1.82) is 0 Å². The first-order chi connectivity index (χ1) is 10.1. The van der Waals surface area contributed by atoms with Crippen LogP contribution in [0.3, 0.4) is 0 Å². The Bertz CT molecular complexity index is 646. The predicted molar refractivity (Wildman–Crippen MR) is 88.8 cm³/mol. The van der Waals surface area contributed by atoms with Crippen LogP contribution < -0.4 is 10.9 Å². The topological polar surface area (TPSA) is 37.3 Å². The lowest BCUT2D eigenvalue weighted by molar-refractivity contribution is 0.394. The van der Waals surface area contributed by atoms with Gasteiger partial charge in [0.15, 0.2) is 0 Å². The molecule has 1 aromatic heterocycles. The van der Waals surface area contributed by atoms with E-state index in [4.69, 9.17) is 0 Å². The lowest BCUT2D eigenvalue weighted by atomic mass is 10.1. The molecule has 0 aliphatic rings. The highest BCUT2D eigenvalue weighted by Crippen LogP contribution is 2.13. The maximum Gasteiger partial charge on any atom is 0.255 e. The monoisotopic (exact) mass is 287 g/mol. The van der Waals surface area contributed by atoms with E-state index in [0.717, 1.165) is 36.0 Å². The van der Waals surface area contributed by atoms with Gasteiger partial charge in [-0.2, -0.15) is 0 Å². The zero-order valence-electron chi connectivity index (χ0n) is 13.2. The van der Waals surface area contributed by atoms with Crippen LogP contribution in [0.15, 0.2) is 35.1 Å². The molecule has 2 aromatic rings. The van der Waals surface area contributed by atoms with Gasteiger partial charge < -0.3 is 14.8 Å². The van der Waals surface area contributed by atoms with Crippen LogP contribution in [0.5, 0.6) is 0 Å². The van der Waals surface area contributed by atoms with Gasteiger partial charge in [0.2, 0.25) is 0 Å². The minimum absolute atomic E-state index is 0.122. The molecule has 0 radical (unpaired) electrons. The SMILES string of the molecule is CCn1c(=O)c(CNCCCN(C)C)cc2ccccc21. The predicted octanol–water partition coefficient (Wildman–Crippen LogP) is 2.06. The third-order valence-electron chi connectivity index (χ3n) is 3.67. The number of nitrogens with one attached hydrogen (secondary N) is 1. The largest absolute Gasteiger partial charge is 0.312 e. The second-order valence-corrected chi connectivity index (χ2v) is 5.61. The van der Waals surface area contributed by atoms with Gasteiger partial charge in [-0.1, -0.05) is 18.2 Å². The van der Waals surface area contributed by atoms with Gasteiger partial charge in [-0.3, -0.25) is 4.79 Å². The fourth-order valence-corrected chi connectivity index (χ4v) is 2.57. The highest BCUT2D eigenvalue weighted by molar-refractivity contribution is 5.79. The molecule has 0 saturated heterocycles. The first-order valence-corrected chi connectivity index (χ1v) is 7.60. The van der Waals surface area contributed by atoms with Crippen molar-refractivity contribution in [3.8, 4) is 0 Å². The second-order valence-electron chi connectivity index (χ2n) is 5.61. The highest BCUT2D eigenvalue weighted by atomic mass is 16.1. The average Bonchev–Trinajstić information content (AvgIpc) is 2.47. The first kappa shape index (κ1) is 15.7. The van der Waals surface area contributed by atoms with E-state index in [1.165, 1.54) is 0 Å². The molecule has 0 fully saturated rings. The van der Waals surface area contributed by atoms with E-state index in [1.54, 1.807) is 0 Å². The number of pyridine rings is 1. The summed E-state index contributed by atoms with van der Waals surface area (Å²) in [4.78, 5) is 14.7. The van der Waals surface area contributed by atoms with E-state index in [9.17, 15) is 4.79 Å². The van der Waals surface area contributed by atoms with Crippen LogP contribution in [0, 0.1) is 0 Å². The van der Waals surface area contributed by atoms with Gasteiger partial charge in [-0.15, -0.1) is 0 Å². The maximum atomic E-state index is 12.5. The molecule has 0 atom stereocenters. The van der Waals surface area contributed by atoms with Crippen LogP contribution in [-0.4, -0.2) is 36.7 Å². The van der Waals surface area contributed by atoms with Gasteiger partial charge >= 0.3 is 0 Å². The van der Waals surface area contributed by atoms with Crippen LogP contribution in [-0.2, 0) is 13.1 Å². The van der Waals surface area contributed by atoms with Crippen molar-refractivity contribution in [2.75, 3.05) is 27.2 Å². The third-order valence-corrected chi connectivity index (χ3v) is 3.67. The summed E-state index contributed by atoms with van der Waals surface area (Å²) in [7, 11) is 4.15. The summed E-state index contributed by atoms with van der Waals surface area (Å²) in [6.45, 7) is 5.34. The number of hydrogen-bond donors (Lipinski definition) is 1.